The van der Waals surface area contributed by atoms with Gasteiger partial charge in [0.1, 0.15) is 0 Å². The third kappa shape index (κ3) is 3.64. The van der Waals surface area contributed by atoms with Crippen LogP contribution in [0.15, 0.2) is 18.6 Å². The molecule has 9 nitrogen and oxygen atoms in total. The molecule has 1 amide bonds. The second-order valence-electron chi connectivity index (χ2n) is 8.57. The van der Waals surface area contributed by atoms with Gasteiger partial charge in [0, 0.05) is 69.6 Å². The Labute approximate surface area is 175 Å². The Balaban J connectivity index is 1.55. The molecule has 0 aliphatic carbocycles. The van der Waals surface area contributed by atoms with Crippen LogP contribution in [-0.2, 0) is 18.3 Å². The molecule has 0 unspecified atom stereocenters. The topological polar surface area (TPSA) is 104 Å². The zero-order valence-corrected chi connectivity index (χ0v) is 17.7. The molecule has 4 rings (SSSR count). The lowest BCUT2D eigenvalue weighted by atomic mass is 9.77. The van der Waals surface area contributed by atoms with Gasteiger partial charge in [-0.1, -0.05) is 6.92 Å². The fraction of sp³-hybridized carbons (Fsp3) is 0.571. The second kappa shape index (κ2) is 7.70. The highest BCUT2D eigenvalue weighted by Crippen LogP contribution is 2.47. The summed E-state index contributed by atoms with van der Waals surface area (Å²) < 4.78 is 1.65. The number of hydrogen-bond acceptors (Lipinski definition) is 6. The summed E-state index contributed by atoms with van der Waals surface area (Å²) in [7, 11) is 1.80. The van der Waals surface area contributed by atoms with Crippen LogP contribution in [0.4, 0.5) is 5.95 Å². The van der Waals surface area contributed by atoms with Crippen molar-refractivity contribution in [2.45, 2.75) is 33.1 Å². The molecule has 2 aromatic heterocycles. The second-order valence-corrected chi connectivity index (χ2v) is 8.57. The molecule has 0 saturated carbocycles. The molecule has 0 radical (unpaired) electrons. The quantitative estimate of drug-likeness (QED) is 0.767. The molecule has 2 aliphatic rings. The molecule has 2 atom stereocenters. The largest absolute Gasteiger partial charge is 0.481 e. The number of carbonyl (C=O) groups is 2. The number of aliphatic carboxylic acids is 1. The van der Waals surface area contributed by atoms with Gasteiger partial charge >= 0.3 is 5.97 Å². The van der Waals surface area contributed by atoms with Crippen molar-refractivity contribution < 1.29 is 14.7 Å². The number of likely N-dealkylation sites (tertiary alicyclic amines) is 1. The molecule has 2 fully saturated rings. The van der Waals surface area contributed by atoms with Crippen LogP contribution < -0.4 is 4.90 Å². The van der Waals surface area contributed by atoms with Crippen molar-refractivity contribution in [3.63, 3.8) is 0 Å². The first kappa shape index (κ1) is 20.3. The lowest BCUT2D eigenvalue weighted by Gasteiger charge is -2.29. The maximum atomic E-state index is 13.1. The summed E-state index contributed by atoms with van der Waals surface area (Å²) in [6, 6.07) is 0. The van der Waals surface area contributed by atoms with Crippen molar-refractivity contribution in [1.82, 2.24) is 24.6 Å². The first-order chi connectivity index (χ1) is 14.3. The Kier molecular flexibility index (Phi) is 5.21. The highest BCUT2D eigenvalue weighted by molar-refractivity contribution is 5.95. The average molecular weight is 412 g/mol. The van der Waals surface area contributed by atoms with E-state index in [9.17, 15) is 14.7 Å². The molecule has 30 heavy (non-hydrogen) atoms. The first-order valence-electron chi connectivity index (χ1n) is 10.4. The lowest BCUT2D eigenvalue weighted by Crippen LogP contribution is -2.37. The monoisotopic (exact) mass is 412 g/mol. The number of fused-ring (bicyclic) bond motifs is 1. The summed E-state index contributed by atoms with van der Waals surface area (Å²) in [6.07, 6.45) is 6.96. The number of aromatic nitrogens is 4. The first-order valence-corrected chi connectivity index (χ1v) is 10.4. The van der Waals surface area contributed by atoms with Crippen LogP contribution in [0.1, 0.15) is 41.4 Å². The van der Waals surface area contributed by atoms with Gasteiger partial charge in [-0.3, -0.25) is 14.3 Å². The van der Waals surface area contributed by atoms with Gasteiger partial charge in [0.25, 0.3) is 5.91 Å². The van der Waals surface area contributed by atoms with Crippen molar-refractivity contribution in [2.24, 2.45) is 18.4 Å². The number of nitrogens with zero attached hydrogens (tertiary/aromatic N) is 6. The van der Waals surface area contributed by atoms with E-state index in [1.165, 1.54) is 0 Å². The summed E-state index contributed by atoms with van der Waals surface area (Å²) in [5.41, 5.74) is 2.14. The van der Waals surface area contributed by atoms with Crippen LogP contribution in [0.5, 0.6) is 0 Å². The van der Waals surface area contributed by atoms with Crippen molar-refractivity contribution >= 4 is 17.8 Å². The third-order valence-electron chi connectivity index (χ3n) is 6.51. The molecule has 4 heterocycles. The number of carboxylic acid groups (broad SMARTS) is 1. The fourth-order valence-corrected chi connectivity index (χ4v) is 4.87. The molecule has 2 saturated heterocycles. The van der Waals surface area contributed by atoms with Gasteiger partial charge in [0.2, 0.25) is 5.95 Å². The Morgan fingerprint density at radius 2 is 1.97 bits per heavy atom. The van der Waals surface area contributed by atoms with E-state index in [0.717, 1.165) is 18.5 Å². The molecule has 160 valence electrons. The zero-order valence-electron chi connectivity index (χ0n) is 17.7. The van der Waals surface area contributed by atoms with Gasteiger partial charge in [-0.05, 0) is 25.3 Å². The molecular formula is C21H28N6O3. The number of carbonyl (C=O) groups excluding carboxylic acids is 1. The molecule has 9 heteroatoms. The SMILES string of the molecule is CCc1cnc(N2C[C@H]3CN(C(=O)c4cn(C)nc4C)C[C@@]3(CCC(=O)O)C2)nc1. The van der Waals surface area contributed by atoms with Crippen LogP contribution in [0, 0.1) is 18.3 Å². The smallest absolute Gasteiger partial charge is 0.303 e. The van der Waals surface area contributed by atoms with Crippen molar-refractivity contribution in [1.29, 1.82) is 0 Å². The van der Waals surface area contributed by atoms with Gasteiger partial charge in [-0.2, -0.15) is 5.10 Å². The number of rotatable bonds is 6. The van der Waals surface area contributed by atoms with Crippen LogP contribution >= 0.6 is 0 Å². The summed E-state index contributed by atoms with van der Waals surface area (Å²) in [5.74, 6) is 0.0299. The third-order valence-corrected chi connectivity index (χ3v) is 6.51. The molecule has 1 N–H and O–H groups in total. The van der Waals surface area contributed by atoms with E-state index in [1.54, 1.807) is 17.9 Å². The molecule has 2 aromatic rings. The number of carboxylic acids is 1. The average Bonchev–Trinajstić information content (AvgIpc) is 3.35. The highest BCUT2D eigenvalue weighted by Gasteiger charge is 2.54. The Morgan fingerprint density at radius 3 is 2.57 bits per heavy atom. The summed E-state index contributed by atoms with van der Waals surface area (Å²) in [6.45, 7) is 6.43. The number of anilines is 1. The molecule has 2 aliphatic heterocycles. The Bertz CT molecular complexity index is 956. The van der Waals surface area contributed by atoms with E-state index in [2.05, 4.69) is 26.9 Å². The van der Waals surface area contributed by atoms with Gasteiger partial charge in [0.15, 0.2) is 0 Å². The van der Waals surface area contributed by atoms with E-state index >= 15 is 0 Å². The minimum atomic E-state index is -0.807. The van der Waals surface area contributed by atoms with Crippen LogP contribution in [0.25, 0.3) is 0 Å². The summed E-state index contributed by atoms with van der Waals surface area (Å²) in [5, 5.41) is 13.6. The maximum absolute atomic E-state index is 13.1. The van der Waals surface area contributed by atoms with E-state index in [1.807, 2.05) is 24.2 Å². The minimum absolute atomic E-state index is 0.0280. The van der Waals surface area contributed by atoms with Gasteiger partial charge < -0.3 is 14.9 Å². The van der Waals surface area contributed by atoms with Crippen molar-refractivity contribution in [2.75, 3.05) is 31.1 Å². The van der Waals surface area contributed by atoms with Gasteiger partial charge in [-0.15, -0.1) is 0 Å². The highest BCUT2D eigenvalue weighted by atomic mass is 16.4. The number of aryl methyl sites for hydroxylation is 3. The molecule has 0 aromatic carbocycles. The summed E-state index contributed by atoms with van der Waals surface area (Å²) >= 11 is 0. The standard InChI is InChI=1S/C21H28N6O3/c1-4-15-7-22-20(23-8-15)27-10-16-9-26(12-21(16,13-27)6-5-18(28)29)19(30)17-11-25(3)24-14(17)2/h7-8,11,16H,4-6,9-10,12-13H2,1-3H3,(H,28,29)/t16-,21+/m1/s1. The predicted octanol–water partition coefficient (Wildman–Crippen LogP) is 1.52. The molecule has 0 spiro atoms. The number of amides is 1. The summed E-state index contributed by atoms with van der Waals surface area (Å²) in [4.78, 5) is 37.5. The maximum Gasteiger partial charge on any atom is 0.303 e. The minimum Gasteiger partial charge on any atom is -0.481 e. The van der Waals surface area contributed by atoms with Gasteiger partial charge in [0.05, 0.1) is 11.3 Å². The van der Waals surface area contributed by atoms with E-state index in [4.69, 9.17) is 0 Å². The zero-order chi connectivity index (χ0) is 21.5. The fourth-order valence-electron chi connectivity index (χ4n) is 4.87. The van der Waals surface area contributed by atoms with E-state index in [0.29, 0.717) is 43.3 Å². The van der Waals surface area contributed by atoms with Crippen molar-refractivity contribution in [3.05, 3.63) is 35.4 Å². The normalized spacial score (nSPS) is 23.1. The van der Waals surface area contributed by atoms with Crippen LogP contribution in [-0.4, -0.2) is 67.8 Å². The van der Waals surface area contributed by atoms with Gasteiger partial charge in [-0.25, -0.2) is 9.97 Å². The van der Waals surface area contributed by atoms with Crippen LogP contribution in [0.2, 0.25) is 0 Å². The van der Waals surface area contributed by atoms with E-state index in [-0.39, 0.29) is 23.7 Å². The van der Waals surface area contributed by atoms with Crippen molar-refractivity contribution in [3.8, 4) is 0 Å². The Morgan fingerprint density at radius 1 is 1.23 bits per heavy atom. The number of hydrogen-bond donors (Lipinski definition) is 1. The predicted molar refractivity (Wildman–Crippen MR) is 110 cm³/mol. The van der Waals surface area contributed by atoms with E-state index < -0.39 is 5.97 Å². The molecule has 0 bridgehead atoms. The molecular weight excluding hydrogens is 384 g/mol. The Hall–Kier alpha value is -2.97. The lowest BCUT2D eigenvalue weighted by molar-refractivity contribution is -0.137. The van der Waals surface area contributed by atoms with Crippen LogP contribution in [0.3, 0.4) is 0 Å².